The van der Waals surface area contributed by atoms with E-state index in [-0.39, 0.29) is 5.57 Å². The molecule has 4 rings (SSSR count). The van der Waals surface area contributed by atoms with E-state index >= 15 is 0 Å². The van der Waals surface area contributed by atoms with Crippen molar-refractivity contribution in [3.63, 3.8) is 0 Å². The molecule has 0 saturated heterocycles. The number of ether oxygens (including phenoxy) is 2. The zero-order chi connectivity index (χ0) is 24.6. The number of nitrogens with zero attached hydrogens (tertiary/aromatic N) is 2. The van der Waals surface area contributed by atoms with Gasteiger partial charge in [-0.2, -0.15) is 0 Å². The molecule has 0 spiro atoms. The molecule has 0 bridgehead atoms. The van der Waals surface area contributed by atoms with Gasteiger partial charge >= 0.3 is 5.97 Å². The van der Waals surface area contributed by atoms with Crippen LogP contribution in [0, 0.1) is 13.8 Å². The number of Topliss-reactive ketones (excluding diaryl/α,β-unsaturated/α-hetero) is 1. The summed E-state index contributed by atoms with van der Waals surface area (Å²) >= 11 is 1.21. The van der Waals surface area contributed by atoms with Crippen LogP contribution in [0.1, 0.15) is 38.9 Å². The standard InChI is InChI=1S/C25H22N2O6S/c1-13-24(34-14(2)26-13)22(29)20-21(16-8-10-18(11-9-16)33-15(3)28)27(25(31)23(20)30)17-6-5-7-19(12-17)32-4/h5-12,21,30H,1-4H3. The number of aromatic nitrogens is 1. The second-order valence-electron chi connectivity index (χ2n) is 7.68. The summed E-state index contributed by atoms with van der Waals surface area (Å²) in [7, 11) is 1.51. The fourth-order valence-corrected chi connectivity index (χ4v) is 4.80. The second-order valence-corrected chi connectivity index (χ2v) is 8.88. The Hall–Kier alpha value is -3.98. The zero-order valence-corrected chi connectivity index (χ0v) is 19.8. The predicted octanol–water partition coefficient (Wildman–Crippen LogP) is 4.48. The summed E-state index contributed by atoms with van der Waals surface area (Å²) in [6.07, 6.45) is 0. The van der Waals surface area contributed by atoms with Gasteiger partial charge in [-0.25, -0.2) is 4.98 Å². The average Bonchev–Trinajstić information content (AvgIpc) is 3.28. The predicted molar refractivity (Wildman–Crippen MR) is 127 cm³/mol. The van der Waals surface area contributed by atoms with Crippen molar-refractivity contribution in [3.8, 4) is 11.5 Å². The summed E-state index contributed by atoms with van der Waals surface area (Å²) in [6.45, 7) is 4.80. The Morgan fingerprint density at radius 3 is 2.38 bits per heavy atom. The summed E-state index contributed by atoms with van der Waals surface area (Å²) in [5.41, 5.74) is 1.49. The Balaban J connectivity index is 1.86. The van der Waals surface area contributed by atoms with Crippen molar-refractivity contribution in [1.29, 1.82) is 0 Å². The quantitative estimate of drug-likeness (QED) is 0.316. The third-order valence-electron chi connectivity index (χ3n) is 5.35. The topological polar surface area (TPSA) is 106 Å². The molecule has 2 heterocycles. The van der Waals surface area contributed by atoms with E-state index in [1.165, 1.54) is 30.3 Å². The Morgan fingerprint density at radius 2 is 1.79 bits per heavy atom. The van der Waals surface area contributed by atoms with Gasteiger partial charge in [0.05, 0.1) is 34.3 Å². The molecule has 0 saturated carbocycles. The van der Waals surface area contributed by atoms with E-state index in [9.17, 15) is 19.5 Å². The summed E-state index contributed by atoms with van der Waals surface area (Å²) in [5, 5.41) is 11.6. The summed E-state index contributed by atoms with van der Waals surface area (Å²) in [5.74, 6) is -1.41. The first-order valence-electron chi connectivity index (χ1n) is 10.4. The van der Waals surface area contributed by atoms with Crippen LogP contribution in [0.5, 0.6) is 11.5 Å². The minimum atomic E-state index is -0.916. The monoisotopic (exact) mass is 478 g/mol. The summed E-state index contributed by atoms with van der Waals surface area (Å²) < 4.78 is 10.4. The molecule has 0 aliphatic carbocycles. The third-order valence-corrected chi connectivity index (χ3v) is 6.42. The molecule has 1 aliphatic rings. The van der Waals surface area contributed by atoms with Gasteiger partial charge in [0.15, 0.2) is 5.76 Å². The Kier molecular flexibility index (Phi) is 6.21. The van der Waals surface area contributed by atoms with E-state index < -0.39 is 29.5 Å². The van der Waals surface area contributed by atoms with Crippen molar-refractivity contribution < 1.29 is 29.0 Å². The highest BCUT2D eigenvalue weighted by Gasteiger charge is 2.45. The number of aryl methyl sites for hydroxylation is 2. The van der Waals surface area contributed by atoms with Crippen LogP contribution in [0.25, 0.3) is 0 Å². The van der Waals surface area contributed by atoms with Crippen LogP contribution in [0.4, 0.5) is 5.69 Å². The van der Waals surface area contributed by atoms with Gasteiger partial charge in [-0.1, -0.05) is 18.2 Å². The van der Waals surface area contributed by atoms with Crippen molar-refractivity contribution in [2.75, 3.05) is 12.0 Å². The van der Waals surface area contributed by atoms with Crippen molar-refractivity contribution in [2.24, 2.45) is 0 Å². The van der Waals surface area contributed by atoms with Crippen LogP contribution < -0.4 is 14.4 Å². The molecule has 0 radical (unpaired) electrons. The van der Waals surface area contributed by atoms with Crippen molar-refractivity contribution in [3.05, 3.63) is 81.0 Å². The van der Waals surface area contributed by atoms with Crippen LogP contribution in [-0.4, -0.2) is 34.9 Å². The number of amides is 1. The number of thiazole rings is 1. The smallest absolute Gasteiger partial charge is 0.308 e. The molecule has 2 aromatic carbocycles. The molecular weight excluding hydrogens is 456 g/mol. The summed E-state index contributed by atoms with van der Waals surface area (Å²) in [4.78, 5) is 44.2. The maximum absolute atomic E-state index is 13.6. The zero-order valence-electron chi connectivity index (χ0n) is 19.0. The van der Waals surface area contributed by atoms with Crippen LogP contribution in [0.3, 0.4) is 0 Å². The highest BCUT2D eigenvalue weighted by atomic mass is 32.1. The van der Waals surface area contributed by atoms with Gasteiger partial charge in [0.2, 0.25) is 5.78 Å². The molecule has 0 fully saturated rings. The van der Waals surface area contributed by atoms with E-state index in [4.69, 9.17) is 9.47 Å². The molecule has 1 atom stereocenters. The number of ketones is 1. The number of rotatable bonds is 6. The molecule has 8 nitrogen and oxygen atoms in total. The molecule has 34 heavy (non-hydrogen) atoms. The molecule has 1 amide bonds. The lowest BCUT2D eigenvalue weighted by atomic mass is 9.94. The van der Waals surface area contributed by atoms with E-state index in [0.717, 1.165) is 0 Å². The van der Waals surface area contributed by atoms with Gasteiger partial charge in [0.1, 0.15) is 11.5 Å². The molecule has 1 aromatic heterocycles. The number of anilines is 1. The molecular formula is C25H22N2O6S. The lowest BCUT2D eigenvalue weighted by molar-refractivity contribution is -0.131. The number of carbonyl (C=O) groups is 3. The molecule has 174 valence electrons. The number of esters is 1. The van der Waals surface area contributed by atoms with Crippen LogP contribution in [-0.2, 0) is 9.59 Å². The third kappa shape index (κ3) is 4.17. The largest absolute Gasteiger partial charge is 0.503 e. The highest BCUT2D eigenvalue weighted by Crippen LogP contribution is 2.43. The number of methoxy groups -OCH3 is 1. The van der Waals surface area contributed by atoms with E-state index in [0.29, 0.717) is 38.3 Å². The number of aliphatic hydroxyl groups excluding tert-OH is 1. The van der Waals surface area contributed by atoms with Gasteiger partial charge in [-0.15, -0.1) is 11.3 Å². The molecule has 1 N–H and O–H groups in total. The minimum Gasteiger partial charge on any atom is -0.503 e. The van der Waals surface area contributed by atoms with Gasteiger partial charge in [-0.05, 0) is 43.7 Å². The first-order valence-corrected chi connectivity index (χ1v) is 11.2. The number of hydrogen-bond acceptors (Lipinski definition) is 8. The van der Waals surface area contributed by atoms with Gasteiger partial charge in [0, 0.05) is 18.7 Å². The second kappa shape index (κ2) is 9.11. The Labute approximate surface area is 200 Å². The SMILES string of the molecule is COc1cccc(N2C(=O)C(O)=C(C(=O)c3sc(C)nc3C)C2c2ccc(OC(C)=O)cc2)c1. The fraction of sp³-hybridized carbons (Fsp3) is 0.200. The van der Waals surface area contributed by atoms with Crippen LogP contribution in [0.15, 0.2) is 59.9 Å². The molecule has 3 aromatic rings. The lowest BCUT2D eigenvalue weighted by Crippen LogP contribution is -2.31. The van der Waals surface area contributed by atoms with Gasteiger partial charge in [0.25, 0.3) is 5.91 Å². The minimum absolute atomic E-state index is 0.0418. The van der Waals surface area contributed by atoms with Crippen LogP contribution >= 0.6 is 11.3 Å². The van der Waals surface area contributed by atoms with Crippen LogP contribution in [0.2, 0.25) is 0 Å². The average molecular weight is 479 g/mol. The normalized spacial score (nSPS) is 15.6. The van der Waals surface area contributed by atoms with Crippen molar-refractivity contribution in [1.82, 2.24) is 4.98 Å². The molecule has 9 heteroatoms. The van der Waals surface area contributed by atoms with Crippen molar-refractivity contribution in [2.45, 2.75) is 26.8 Å². The lowest BCUT2D eigenvalue weighted by Gasteiger charge is -2.27. The Morgan fingerprint density at radius 1 is 1.09 bits per heavy atom. The van der Waals surface area contributed by atoms with E-state index in [1.807, 2.05) is 0 Å². The van der Waals surface area contributed by atoms with E-state index in [2.05, 4.69) is 4.98 Å². The Bertz CT molecular complexity index is 1330. The van der Waals surface area contributed by atoms with Gasteiger partial charge in [-0.3, -0.25) is 19.3 Å². The number of aliphatic hydroxyl groups is 1. The van der Waals surface area contributed by atoms with Gasteiger partial charge < -0.3 is 14.6 Å². The summed E-state index contributed by atoms with van der Waals surface area (Å²) in [6, 6.07) is 12.3. The first kappa shape index (κ1) is 23.2. The highest BCUT2D eigenvalue weighted by molar-refractivity contribution is 7.14. The maximum Gasteiger partial charge on any atom is 0.308 e. The maximum atomic E-state index is 13.6. The van der Waals surface area contributed by atoms with Crippen molar-refractivity contribution >= 4 is 34.7 Å². The molecule has 1 unspecified atom stereocenters. The number of hydrogen-bond donors (Lipinski definition) is 1. The fourth-order valence-electron chi connectivity index (χ4n) is 3.93. The van der Waals surface area contributed by atoms with E-state index in [1.54, 1.807) is 62.4 Å². The number of carbonyl (C=O) groups excluding carboxylic acids is 3. The number of benzene rings is 2. The molecule has 1 aliphatic heterocycles. The first-order chi connectivity index (χ1) is 16.2.